The summed E-state index contributed by atoms with van der Waals surface area (Å²) < 4.78 is 0. The number of rotatable bonds is 16. The van der Waals surface area contributed by atoms with Gasteiger partial charge in [-0.15, -0.1) is 0 Å². The molecular formula is C19H38O. The van der Waals surface area contributed by atoms with Crippen molar-refractivity contribution in [3.8, 4) is 0 Å². The van der Waals surface area contributed by atoms with Crippen molar-refractivity contribution in [3.63, 3.8) is 0 Å². The maximum Gasteiger partial charge on any atom is 0.123 e. The van der Waals surface area contributed by atoms with Crippen molar-refractivity contribution in [2.24, 2.45) is 5.92 Å². The molecule has 1 unspecified atom stereocenters. The number of hydrogen-bond donors (Lipinski definition) is 0. The molecule has 0 spiro atoms. The Morgan fingerprint density at radius 3 is 1.30 bits per heavy atom. The van der Waals surface area contributed by atoms with Crippen molar-refractivity contribution in [2.75, 3.05) is 0 Å². The van der Waals surface area contributed by atoms with Crippen LogP contribution in [0, 0.1) is 5.92 Å². The van der Waals surface area contributed by atoms with Crippen molar-refractivity contribution in [1.29, 1.82) is 0 Å². The van der Waals surface area contributed by atoms with E-state index in [0.717, 1.165) is 12.8 Å². The first-order chi connectivity index (χ1) is 9.85. The Balaban J connectivity index is 3.31. The van der Waals surface area contributed by atoms with Gasteiger partial charge in [-0.2, -0.15) is 0 Å². The van der Waals surface area contributed by atoms with Gasteiger partial charge in [0, 0.05) is 5.92 Å². The molecule has 0 aliphatic carbocycles. The Kier molecular flexibility index (Phi) is 16.4. The van der Waals surface area contributed by atoms with Gasteiger partial charge in [0.25, 0.3) is 0 Å². The predicted molar refractivity (Wildman–Crippen MR) is 90.2 cm³/mol. The van der Waals surface area contributed by atoms with Crippen LogP contribution in [0.25, 0.3) is 0 Å². The van der Waals surface area contributed by atoms with Gasteiger partial charge in [0.2, 0.25) is 0 Å². The highest BCUT2D eigenvalue weighted by Gasteiger charge is 2.06. The second-order valence-electron chi connectivity index (χ2n) is 6.36. The van der Waals surface area contributed by atoms with Gasteiger partial charge in [-0.3, -0.25) is 0 Å². The van der Waals surface area contributed by atoms with Gasteiger partial charge in [-0.25, -0.2) is 0 Å². The van der Waals surface area contributed by atoms with Gasteiger partial charge < -0.3 is 4.79 Å². The van der Waals surface area contributed by atoms with E-state index < -0.39 is 0 Å². The molecule has 0 radical (unpaired) electrons. The van der Waals surface area contributed by atoms with Crippen molar-refractivity contribution in [1.82, 2.24) is 0 Å². The molecule has 0 aromatic carbocycles. The lowest BCUT2D eigenvalue weighted by molar-refractivity contribution is -0.111. The molecule has 0 saturated heterocycles. The number of hydrogen-bond acceptors (Lipinski definition) is 1. The number of carbonyl (C=O) groups excluding carboxylic acids is 1. The summed E-state index contributed by atoms with van der Waals surface area (Å²) in [6.45, 7) is 4.52. The number of aldehydes is 1. The minimum Gasteiger partial charge on any atom is -0.303 e. The van der Waals surface area contributed by atoms with Crippen LogP contribution in [0.3, 0.4) is 0 Å². The summed E-state index contributed by atoms with van der Waals surface area (Å²) in [5.41, 5.74) is 0. The van der Waals surface area contributed by atoms with Gasteiger partial charge in [0.1, 0.15) is 6.29 Å². The monoisotopic (exact) mass is 282 g/mol. The third-order valence-corrected chi connectivity index (χ3v) is 4.30. The number of unbranched alkanes of at least 4 members (excludes halogenated alkanes) is 11. The van der Waals surface area contributed by atoms with E-state index in [1.54, 1.807) is 0 Å². The molecule has 0 aromatic heterocycles. The Labute approximate surface area is 127 Å². The van der Waals surface area contributed by atoms with Crippen molar-refractivity contribution in [3.05, 3.63) is 0 Å². The molecule has 0 bridgehead atoms. The summed E-state index contributed by atoms with van der Waals surface area (Å²) in [6, 6.07) is 0. The van der Waals surface area contributed by atoms with Crippen LogP contribution >= 0.6 is 0 Å². The normalized spacial score (nSPS) is 12.5. The first-order valence-corrected chi connectivity index (χ1v) is 9.30. The van der Waals surface area contributed by atoms with Crippen LogP contribution in [0.1, 0.15) is 110 Å². The van der Waals surface area contributed by atoms with Crippen LogP contribution in [-0.4, -0.2) is 6.29 Å². The average Bonchev–Trinajstić information content (AvgIpc) is 2.47. The van der Waals surface area contributed by atoms with Gasteiger partial charge in [-0.05, 0) is 12.8 Å². The molecule has 120 valence electrons. The fraction of sp³-hybridized carbons (Fsp3) is 0.947. The number of carbonyl (C=O) groups is 1. The van der Waals surface area contributed by atoms with Crippen LogP contribution < -0.4 is 0 Å². The molecule has 0 heterocycles. The molecule has 1 atom stereocenters. The van der Waals surface area contributed by atoms with Crippen molar-refractivity contribution >= 4 is 6.29 Å². The SMILES string of the molecule is CCCCCCCCCC(C=O)CCCCCCCC. The molecule has 20 heavy (non-hydrogen) atoms. The molecule has 0 fully saturated rings. The van der Waals surface area contributed by atoms with E-state index in [2.05, 4.69) is 13.8 Å². The van der Waals surface area contributed by atoms with Crippen molar-refractivity contribution < 1.29 is 4.79 Å². The second kappa shape index (κ2) is 16.7. The second-order valence-corrected chi connectivity index (χ2v) is 6.36. The van der Waals surface area contributed by atoms with E-state index >= 15 is 0 Å². The molecule has 0 rings (SSSR count). The van der Waals surface area contributed by atoms with Gasteiger partial charge in [-0.1, -0.05) is 97.3 Å². The molecule has 0 aliphatic heterocycles. The molecule has 0 N–H and O–H groups in total. The summed E-state index contributed by atoms with van der Waals surface area (Å²) in [6.07, 6.45) is 20.9. The molecule has 1 nitrogen and oxygen atoms in total. The van der Waals surface area contributed by atoms with E-state index in [1.165, 1.54) is 89.8 Å². The highest BCUT2D eigenvalue weighted by Crippen LogP contribution is 2.17. The fourth-order valence-electron chi connectivity index (χ4n) is 2.83. The van der Waals surface area contributed by atoms with Crippen LogP contribution in [0.2, 0.25) is 0 Å². The van der Waals surface area contributed by atoms with Crippen LogP contribution in [0.15, 0.2) is 0 Å². The summed E-state index contributed by atoms with van der Waals surface area (Å²) in [5, 5.41) is 0. The zero-order valence-electron chi connectivity index (χ0n) is 14.2. The summed E-state index contributed by atoms with van der Waals surface area (Å²) in [5.74, 6) is 0.344. The lowest BCUT2D eigenvalue weighted by Crippen LogP contribution is -2.02. The van der Waals surface area contributed by atoms with Gasteiger partial charge >= 0.3 is 0 Å². The smallest absolute Gasteiger partial charge is 0.123 e. The van der Waals surface area contributed by atoms with Gasteiger partial charge in [0.05, 0.1) is 0 Å². The van der Waals surface area contributed by atoms with Crippen LogP contribution in [0.5, 0.6) is 0 Å². The maximum absolute atomic E-state index is 11.1. The first kappa shape index (κ1) is 19.7. The molecule has 1 heteroatoms. The van der Waals surface area contributed by atoms with E-state index in [-0.39, 0.29) is 0 Å². The summed E-state index contributed by atoms with van der Waals surface area (Å²) >= 11 is 0. The van der Waals surface area contributed by atoms with Crippen LogP contribution in [0.4, 0.5) is 0 Å². The lowest BCUT2D eigenvalue weighted by atomic mass is 9.95. The topological polar surface area (TPSA) is 17.1 Å². The Morgan fingerprint density at radius 2 is 0.950 bits per heavy atom. The minimum absolute atomic E-state index is 0.344. The third kappa shape index (κ3) is 14.1. The zero-order valence-corrected chi connectivity index (χ0v) is 14.2. The van der Waals surface area contributed by atoms with Crippen molar-refractivity contribution in [2.45, 2.75) is 110 Å². The van der Waals surface area contributed by atoms with Crippen LogP contribution in [-0.2, 0) is 4.79 Å². The fourth-order valence-corrected chi connectivity index (χ4v) is 2.83. The minimum atomic E-state index is 0.344. The predicted octanol–water partition coefficient (Wildman–Crippen LogP) is 6.69. The largest absolute Gasteiger partial charge is 0.303 e. The maximum atomic E-state index is 11.1. The molecule has 0 aromatic rings. The standard InChI is InChI=1S/C19H38O/c1-3-5-7-9-11-13-15-17-19(18-20)16-14-12-10-8-6-4-2/h18-19H,3-17H2,1-2H3. The highest BCUT2D eigenvalue weighted by molar-refractivity contribution is 5.53. The average molecular weight is 283 g/mol. The molecule has 0 saturated carbocycles. The molecule has 0 amide bonds. The van der Waals surface area contributed by atoms with E-state index in [9.17, 15) is 4.79 Å². The highest BCUT2D eigenvalue weighted by atomic mass is 16.1. The zero-order chi connectivity index (χ0) is 14.9. The first-order valence-electron chi connectivity index (χ1n) is 9.30. The molecule has 0 aliphatic rings. The summed E-state index contributed by atoms with van der Waals surface area (Å²) in [4.78, 5) is 11.1. The molecular weight excluding hydrogens is 244 g/mol. The Hall–Kier alpha value is -0.330. The Morgan fingerprint density at radius 1 is 0.600 bits per heavy atom. The third-order valence-electron chi connectivity index (χ3n) is 4.30. The van der Waals surface area contributed by atoms with E-state index in [0.29, 0.717) is 5.92 Å². The van der Waals surface area contributed by atoms with E-state index in [1.807, 2.05) is 0 Å². The van der Waals surface area contributed by atoms with E-state index in [4.69, 9.17) is 0 Å². The quantitative estimate of drug-likeness (QED) is 0.227. The lowest BCUT2D eigenvalue weighted by Gasteiger charge is -2.10. The summed E-state index contributed by atoms with van der Waals surface area (Å²) in [7, 11) is 0. The Bertz CT molecular complexity index is 188. The van der Waals surface area contributed by atoms with Gasteiger partial charge in [0.15, 0.2) is 0 Å².